The van der Waals surface area contributed by atoms with Gasteiger partial charge in [-0.2, -0.15) is 0 Å². The first-order chi connectivity index (χ1) is 13.7. The summed E-state index contributed by atoms with van der Waals surface area (Å²) in [4.78, 5) is 4.73. The van der Waals surface area contributed by atoms with Gasteiger partial charge in [0, 0.05) is 28.7 Å². The van der Waals surface area contributed by atoms with Crippen LogP contribution in [0.1, 0.15) is 43.2 Å². The number of aryl methyl sites for hydroxylation is 3. The minimum Gasteiger partial charge on any atom is -0.261 e. The van der Waals surface area contributed by atoms with Gasteiger partial charge in [-0.25, -0.2) is 4.57 Å². The summed E-state index contributed by atoms with van der Waals surface area (Å²) in [7, 11) is 2.15. The summed E-state index contributed by atoms with van der Waals surface area (Å²) in [5, 5.41) is 5.16. The van der Waals surface area contributed by atoms with E-state index in [4.69, 9.17) is 4.98 Å². The van der Waals surface area contributed by atoms with E-state index in [1.54, 1.807) is 0 Å². The maximum absolute atomic E-state index is 4.73. The van der Waals surface area contributed by atoms with Crippen molar-refractivity contribution >= 4 is 21.5 Å². The lowest BCUT2D eigenvalue weighted by Gasteiger charge is -2.19. The molecule has 4 rings (SSSR count). The Morgan fingerprint density at radius 1 is 0.862 bits per heavy atom. The molecule has 0 bridgehead atoms. The van der Waals surface area contributed by atoms with Gasteiger partial charge in [0.1, 0.15) is 7.05 Å². The van der Waals surface area contributed by atoms with Gasteiger partial charge in [0.05, 0.1) is 10.9 Å². The molecule has 0 spiro atoms. The predicted octanol–water partition coefficient (Wildman–Crippen LogP) is 6.39. The summed E-state index contributed by atoms with van der Waals surface area (Å²) in [6.07, 6.45) is 5.13. The molecule has 2 aromatic heterocycles. The van der Waals surface area contributed by atoms with Crippen LogP contribution in [0.5, 0.6) is 0 Å². The van der Waals surface area contributed by atoms with Crippen molar-refractivity contribution in [2.24, 2.45) is 12.5 Å². The number of hydrogen-bond acceptors (Lipinski definition) is 1. The third-order valence-corrected chi connectivity index (χ3v) is 5.91. The van der Waals surface area contributed by atoms with Gasteiger partial charge in [0.25, 0.3) is 0 Å². The van der Waals surface area contributed by atoms with Gasteiger partial charge in [-0.1, -0.05) is 38.5 Å². The molecule has 29 heavy (non-hydrogen) atoms. The minimum atomic E-state index is 0.209. The van der Waals surface area contributed by atoms with E-state index < -0.39 is 0 Å². The van der Waals surface area contributed by atoms with Crippen molar-refractivity contribution in [1.29, 1.82) is 0 Å². The minimum absolute atomic E-state index is 0.209. The molecule has 0 fully saturated rings. The summed E-state index contributed by atoms with van der Waals surface area (Å²) in [6, 6.07) is 13.6. The Kier molecular flexibility index (Phi) is 4.69. The van der Waals surface area contributed by atoms with Crippen molar-refractivity contribution in [3.63, 3.8) is 0 Å². The molecule has 0 saturated heterocycles. The molecule has 0 N–H and O–H groups in total. The van der Waals surface area contributed by atoms with Gasteiger partial charge < -0.3 is 0 Å². The monoisotopic (exact) mass is 383 g/mol. The number of hydrogen-bond donors (Lipinski definition) is 0. The van der Waals surface area contributed by atoms with Crippen molar-refractivity contribution in [3.8, 4) is 11.3 Å². The van der Waals surface area contributed by atoms with Crippen LogP contribution in [-0.4, -0.2) is 4.98 Å². The van der Waals surface area contributed by atoms with Gasteiger partial charge in [-0.15, -0.1) is 0 Å². The fraction of sp³-hybridized carbons (Fsp3) is 0.333. The van der Waals surface area contributed by atoms with E-state index in [0.717, 1.165) is 6.42 Å². The Balaban J connectivity index is 2.05. The lowest BCUT2D eigenvalue weighted by Crippen LogP contribution is -2.30. The van der Waals surface area contributed by atoms with E-state index in [0.29, 0.717) is 0 Å². The third kappa shape index (κ3) is 3.53. The smallest absolute Gasteiger partial charge is 0.220 e. The highest BCUT2D eigenvalue weighted by atomic mass is 14.9. The second-order valence-corrected chi connectivity index (χ2v) is 9.65. The van der Waals surface area contributed by atoms with E-state index >= 15 is 0 Å². The molecular weight excluding hydrogens is 352 g/mol. The molecule has 0 radical (unpaired) electrons. The van der Waals surface area contributed by atoms with Crippen LogP contribution in [0, 0.1) is 26.2 Å². The molecule has 2 nitrogen and oxygen atoms in total. The number of fused-ring (bicyclic) bond motifs is 3. The molecule has 2 aromatic carbocycles. The number of benzene rings is 2. The van der Waals surface area contributed by atoms with Crippen molar-refractivity contribution in [2.75, 3.05) is 0 Å². The van der Waals surface area contributed by atoms with E-state index in [1.807, 2.05) is 6.20 Å². The lowest BCUT2D eigenvalue weighted by atomic mass is 9.88. The molecule has 0 aliphatic heterocycles. The Morgan fingerprint density at radius 3 is 2.28 bits per heavy atom. The van der Waals surface area contributed by atoms with Crippen LogP contribution < -0.4 is 4.57 Å². The highest BCUT2D eigenvalue weighted by molar-refractivity contribution is 6.11. The molecule has 2 heterocycles. The largest absolute Gasteiger partial charge is 0.261 e. The molecule has 0 aliphatic carbocycles. The van der Waals surface area contributed by atoms with Crippen LogP contribution in [0.3, 0.4) is 0 Å². The molecule has 148 valence electrons. The average Bonchev–Trinajstić information content (AvgIpc) is 2.63. The molecule has 0 aliphatic rings. The standard InChI is InChI=1S/C27H31N2/c1-17-14-18(2)19(3)24(15-17)26-23-9-8-22-20(21(23)11-13-29(26)7)10-12-28-25(22)16-27(4,5)6/h8-15H,16H2,1-7H3/q+1. The van der Waals surface area contributed by atoms with Crippen molar-refractivity contribution in [2.45, 2.75) is 48.0 Å². The zero-order valence-electron chi connectivity index (χ0n) is 18.7. The molecule has 0 atom stereocenters. The Hall–Kier alpha value is -2.74. The molecule has 4 aromatic rings. The van der Waals surface area contributed by atoms with E-state index in [1.165, 1.54) is 55.2 Å². The predicted molar refractivity (Wildman–Crippen MR) is 123 cm³/mol. The SMILES string of the molecule is Cc1cc(C)c(C)c(-c2c3ccc4c(CC(C)(C)C)nccc4c3cc[n+]2C)c1. The van der Waals surface area contributed by atoms with Crippen molar-refractivity contribution in [1.82, 2.24) is 4.98 Å². The summed E-state index contributed by atoms with van der Waals surface area (Å²) in [6.45, 7) is 13.4. The zero-order valence-corrected chi connectivity index (χ0v) is 18.7. The summed E-state index contributed by atoms with van der Waals surface area (Å²) >= 11 is 0. The molecule has 2 heteroatoms. The summed E-state index contributed by atoms with van der Waals surface area (Å²) in [5.74, 6) is 0. The molecule has 0 saturated carbocycles. The first-order valence-corrected chi connectivity index (χ1v) is 10.4. The number of pyridine rings is 2. The van der Waals surface area contributed by atoms with Crippen LogP contribution >= 0.6 is 0 Å². The maximum atomic E-state index is 4.73. The third-order valence-electron chi connectivity index (χ3n) is 5.91. The molecule has 0 unspecified atom stereocenters. The fourth-order valence-corrected chi connectivity index (χ4v) is 4.44. The quantitative estimate of drug-likeness (QED) is 0.289. The van der Waals surface area contributed by atoms with Crippen molar-refractivity contribution in [3.05, 3.63) is 71.2 Å². The Labute approximate surface area is 174 Å². The summed E-state index contributed by atoms with van der Waals surface area (Å²) < 4.78 is 2.26. The average molecular weight is 384 g/mol. The van der Waals surface area contributed by atoms with Crippen LogP contribution in [0.2, 0.25) is 0 Å². The van der Waals surface area contributed by atoms with Crippen LogP contribution in [0.15, 0.2) is 48.8 Å². The normalized spacial score (nSPS) is 12.1. The second kappa shape index (κ2) is 6.95. The van der Waals surface area contributed by atoms with Crippen molar-refractivity contribution < 1.29 is 4.57 Å². The van der Waals surface area contributed by atoms with Gasteiger partial charge in [0.2, 0.25) is 5.69 Å². The first-order valence-electron chi connectivity index (χ1n) is 10.4. The number of aromatic nitrogens is 2. The zero-order chi connectivity index (χ0) is 20.9. The van der Waals surface area contributed by atoms with Gasteiger partial charge >= 0.3 is 0 Å². The molecular formula is C27H31N2+. The Morgan fingerprint density at radius 2 is 1.55 bits per heavy atom. The summed E-state index contributed by atoms with van der Waals surface area (Å²) in [5.41, 5.74) is 7.99. The Bertz CT molecular complexity index is 1240. The van der Waals surface area contributed by atoms with Gasteiger partial charge in [-0.05, 0) is 67.3 Å². The highest BCUT2D eigenvalue weighted by Crippen LogP contribution is 2.35. The van der Waals surface area contributed by atoms with Gasteiger partial charge in [-0.3, -0.25) is 4.98 Å². The number of rotatable bonds is 2. The number of nitrogens with zero attached hydrogens (tertiary/aromatic N) is 2. The van der Waals surface area contributed by atoms with Crippen LogP contribution in [0.4, 0.5) is 0 Å². The highest BCUT2D eigenvalue weighted by Gasteiger charge is 2.21. The van der Waals surface area contributed by atoms with E-state index in [-0.39, 0.29) is 5.41 Å². The maximum Gasteiger partial charge on any atom is 0.220 e. The molecule has 0 amide bonds. The lowest BCUT2D eigenvalue weighted by molar-refractivity contribution is -0.659. The van der Waals surface area contributed by atoms with Gasteiger partial charge in [0.15, 0.2) is 6.20 Å². The van der Waals surface area contributed by atoms with E-state index in [2.05, 4.69) is 95.8 Å². The van der Waals surface area contributed by atoms with Crippen LogP contribution in [0.25, 0.3) is 32.8 Å². The fourth-order valence-electron chi connectivity index (χ4n) is 4.44. The topological polar surface area (TPSA) is 16.8 Å². The van der Waals surface area contributed by atoms with Crippen LogP contribution in [-0.2, 0) is 13.5 Å². The first kappa shape index (κ1) is 19.6. The van der Waals surface area contributed by atoms with E-state index in [9.17, 15) is 0 Å². The second-order valence-electron chi connectivity index (χ2n) is 9.65.